The van der Waals surface area contributed by atoms with Gasteiger partial charge in [0.25, 0.3) is 0 Å². The van der Waals surface area contributed by atoms with Crippen molar-refractivity contribution in [2.75, 3.05) is 30.9 Å². The highest BCUT2D eigenvalue weighted by Crippen LogP contribution is 2.26. The van der Waals surface area contributed by atoms with Crippen molar-refractivity contribution in [3.63, 3.8) is 0 Å². The summed E-state index contributed by atoms with van der Waals surface area (Å²) in [6, 6.07) is 13.5. The summed E-state index contributed by atoms with van der Waals surface area (Å²) in [6.45, 7) is 1.37. The number of nitrogens with one attached hydrogen (secondary N) is 1. The average molecular weight is 377 g/mol. The van der Waals surface area contributed by atoms with Gasteiger partial charge in [0.1, 0.15) is 23.9 Å². The molecule has 3 heterocycles. The predicted octanol–water partition coefficient (Wildman–Crippen LogP) is 3.02. The molecule has 1 amide bonds. The van der Waals surface area contributed by atoms with Crippen LogP contribution in [-0.2, 0) is 11.3 Å². The largest absolute Gasteiger partial charge is 0.472 e. The Bertz CT molecular complexity index is 943. The van der Waals surface area contributed by atoms with Crippen LogP contribution in [0.2, 0.25) is 0 Å². The number of rotatable bonds is 6. The van der Waals surface area contributed by atoms with E-state index < -0.39 is 0 Å². The van der Waals surface area contributed by atoms with E-state index in [9.17, 15) is 4.79 Å². The van der Waals surface area contributed by atoms with E-state index in [0.29, 0.717) is 24.0 Å². The molecule has 7 heteroatoms. The number of nitrogens with zero attached hydrogens (tertiary/aromatic N) is 4. The molecule has 28 heavy (non-hydrogen) atoms. The highest BCUT2D eigenvalue weighted by molar-refractivity contribution is 5.87. The number of likely N-dealkylation sites (N-methyl/N-ethyl adjacent to an activating group) is 1. The first kappa shape index (κ1) is 18.0. The average Bonchev–Trinajstić information content (AvgIpc) is 3.39. The third kappa shape index (κ3) is 3.55. The molecule has 1 fully saturated rings. The topological polar surface area (TPSA) is 74.5 Å². The van der Waals surface area contributed by atoms with Crippen LogP contribution in [0.5, 0.6) is 0 Å². The smallest absolute Gasteiger partial charge is 0.245 e. The van der Waals surface area contributed by atoms with Gasteiger partial charge in [0.15, 0.2) is 5.82 Å². The zero-order valence-electron chi connectivity index (χ0n) is 16.0. The van der Waals surface area contributed by atoms with Gasteiger partial charge in [-0.1, -0.05) is 30.3 Å². The number of furan rings is 1. The summed E-state index contributed by atoms with van der Waals surface area (Å²) >= 11 is 0. The molecule has 0 bridgehead atoms. The third-order valence-electron chi connectivity index (χ3n) is 5.06. The van der Waals surface area contributed by atoms with Crippen LogP contribution in [0.4, 0.5) is 11.6 Å². The molecule has 0 aliphatic carbocycles. The lowest BCUT2D eigenvalue weighted by molar-refractivity contribution is -0.129. The molecule has 0 saturated carbocycles. The lowest BCUT2D eigenvalue weighted by Crippen LogP contribution is -2.40. The summed E-state index contributed by atoms with van der Waals surface area (Å²) in [5.41, 5.74) is 1.94. The summed E-state index contributed by atoms with van der Waals surface area (Å²) in [5.74, 6) is 2.09. The molecule has 0 radical (unpaired) electrons. The predicted molar refractivity (Wildman–Crippen MR) is 108 cm³/mol. The first-order chi connectivity index (χ1) is 13.7. The van der Waals surface area contributed by atoms with Gasteiger partial charge in [-0.15, -0.1) is 0 Å². The fourth-order valence-electron chi connectivity index (χ4n) is 3.47. The zero-order chi connectivity index (χ0) is 19.5. The van der Waals surface area contributed by atoms with Gasteiger partial charge in [-0.25, -0.2) is 9.97 Å². The molecule has 1 N–H and O–H groups in total. The highest BCUT2D eigenvalue weighted by atomic mass is 16.3. The van der Waals surface area contributed by atoms with Crippen LogP contribution >= 0.6 is 0 Å². The summed E-state index contributed by atoms with van der Waals surface area (Å²) in [5, 5.41) is 3.06. The molecule has 1 aromatic carbocycles. The molecule has 7 nitrogen and oxygen atoms in total. The Balaban J connectivity index is 1.55. The van der Waals surface area contributed by atoms with Crippen molar-refractivity contribution in [2.45, 2.75) is 19.0 Å². The molecule has 2 aromatic heterocycles. The molecule has 1 aliphatic rings. The van der Waals surface area contributed by atoms with E-state index in [1.807, 2.05) is 66.4 Å². The lowest BCUT2D eigenvalue weighted by Gasteiger charge is -2.25. The van der Waals surface area contributed by atoms with Crippen LogP contribution in [0.15, 0.2) is 59.4 Å². The van der Waals surface area contributed by atoms with Crippen molar-refractivity contribution in [1.29, 1.82) is 0 Å². The van der Waals surface area contributed by atoms with Crippen LogP contribution in [0, 0.1) is 0 Å². The van der Waals surface area contributed by atoms with Crippen molar-refractivity contribution in [3.8, 4) is 11.4 Å². The molecular formula is C21H23N5O2. The Hall–Kier alpha value is -3.35. The zero-order valence-corrected chi connectivity index (χ0v) is 16.0. The molecule has 4 rings (SSSR count). The number of carbonyl (C=O) groups excluding carboxylic acids is 1. The molecule has 1 atom stereocenters. The van der Waals surface area contributed by atoms with E-state index in [4.69, 9.17) is 4.42 Å². The van der Waals surface area contributed by atoms with Crippen molar-refractivity contribution in [1.82, 2.24) is 14.9 Å². The molecular weight excluding hydrogens is 354 g/mol. The fourth-order valence-corrected chi connectivity index (χ4v) is 3.47. The van der Waals surface area contributed by atoms with E-state index in [1.54, 1.807) is 12.5 Å². The Morgan fingerprint density at radius 3 is 2.79 bits per heavy atom. The van der Waals surface area contributed by atoms with Gasteiger partial charge in [-0.3, -0.25) is 4.79 Å². The number of hydrogen-bond acceptors (Lipinski definition) is 6. The minimum atomic E-state index is -0.236. The quantitative estimate of drug-likeness (QED) is 0.712. The second-order valence-electron chi connectivity index (χ2n) is 6.86. The van der Waals surface area contributed by atoms with Crippen molar-refractivity contribution < 1.29 is 9.21 Å². The van der Waals surface area contributed by atoms with Gasteiger partial charge in [-0.2, -0.15) is 0 Å². The second kappa shape index (κ2) is 7.72. The number of amides is 1. The highest BCUT2D eigenvalue weighted by Gasteiger charge is 2.35. The molecule has 3 aromatic rings. The Kier molecular flexibility index (Phi) is 4.97. The Morgan fingerprint density at radius 2 is 2.07 bits per heavy atom. The summed E-state index contributed by atoms with van der Waals surface area (Å²) in [4.78, 5) is 26.0. The maximum Gasteiger partial charge on any atom is 0.245 e. The number of benzene rings is 1. The first-order valence-electron chi connectivity index (χ1n) is 9.30. The Morgan fingerprint density at radius 1 is 1.25 bits per heavy atom. The van der Waals surface area contributed by atoms with E-state index in [1.165, 1.54) is 0 Å². The number of hydrogen-bond donors (Lipinski definition) is 1. The van der Waals surface area contributed by atoms with E-state index >= 15 is 0 Å². The summed E-state index contributed by atoms with van der Waals surface area (Å²) in [6.07, 6.45) is 3.97. The van der Waals surface area contributed by atoms with Crippen molar-refractivity contribution in [3.05, 3.63) is 60.6 Å². The molecule has 1 aliphatic heterocycles. The molecule has 0 spiro atoms. The fraction of sp³-hybridized carbons (Fsp3) is 0.286. The number of likely N-dealkylation sites (tertiary alicyclic amines) is 1. The third-order valence-corrected chi connectivity index (χ3v) is 5.06. The van der Waals surface area contributed by atoms with Gasteiger partial charge < -0.3 is 19.5 Å². The maximum absolute atomic E-state index is 13.0. The van der Waals surface area contributed by atoms with Gasteiger partial charge in [-0.05, 0) is 18.1 Å². The van der Waals surface area contributed by atoms with Crippen LogP contribution in [0.25, 0.3) is 11.4 Å². The molecule has 144 valence electrons. The van der Waals surface area contributed by atoms with Crippen LogP contribution < -0.4 is 10.2 Å². The second-order valence-corrected chi connectivity index (χ2v) is 6.86. The number of anilines is 2. The summed E-state index contributed by atoms with van der Waals surface area (Å²) < 4.78 is 5.16. The number of carbonyl (C=O) groups is 1. The minimum Gasteiger partial charge on any atom is -0.472 e. The number of aromatic nitrogens is 2. The molecule has 1 saturated heterocycles. The van der Waals surface area contributed by atoms with Crippen LogP contribution in [-0.4, -0.2) is 47.5 Å². The van der Waals surface area contributed by atoms with Crippen molar-refractivity contribution >= 4 is 17.5 Å². The normalized spacial score (nSPS) is 16.4. The van der Waals surface area contributed by atoms with Crippen LogP contribution in [0.1, 0.15) is 12.0 Å². The first-order valence-corrected chi connectivity index (χ1v) is 9.30. The van der Waals surface area contributed by atoms with E-state index in [-0.39, 0.29) is 11.9 Å². The Labute approximate surface area is 164 Å². The van der Waals surface area contributed by atoms with E-state index in [0.717, 1.165) is 24.1 Å². The van der Waals surface area contributed by atoms with Gasteiger partial charge in [0.2, 0.25) is 5.91 Å². The van der Waals surface area contributed by atoms with Gasteiger partial charge >= 0.3 is 0 Å². The summed E-state index contributed by atoms with van der Waals surface area (Å²) in [7, 11) is 3.73. The standard InChI is InChI=1S/C21H23N5O2/c1-22-18-12-19(24-20(23-18)16-9-11-28-14-16)25(2)17-8-10-26(21(17)27)13-15-6-4-3-5-7-15/h3-7,9,11-12,14,17H,8,10,13H2,1-2H3,(H,22,23,24). The minimum absolute atomic E-state index is 0.126. The maximum atomic E-state index is 13.0. The van der Waals surface area contributed by atoms with E-state index in [2.05, 4.69) is 15.3 Å². The van der Waals surface area contributed by atoms with Gasteiger partial charge in [0, 0.05) is 33.3 Å². The monoisotopic (exact) mass is 377 g/mol. The van der Waals surface area contributed by atoms with Gasteiger partial charge in [0.05, 0.1) is 11.8 Å². The molecule has 1 unspecified atom stereocenters. The lowest BCUT2D eigenvalue weighted by atomic mass is 10.2. The van der Waals surface area contributed by atoms with Crippen molar-refractivity contribution in [2.24, 2.45) is 0 Å². The SMILES string of the molecule is CNc1cc(N(C)C2CCN(Cc3ccccc3)C2=O)nc(-c2ccoc2)n1. The van der Waals surface area contributed by atoms with Crippen LogP contribution in [0.3, 0.4) is 0 Å².